The molecule has 0 aliphatic carbocycles. The summed E-state index contributed by atoms with van der Waals surface area (Å²) < 4.78 is 18.2. The zero-order chi connectivity index (χ0) is 18.8. The fourth-order valence-electron chi connectivity index (χ4n) is 2.46. The summed E-state index contributed by atoms with van der Waals surface area (Å²) in [6.45, 7) is 5.42. The Bertz CT molecular complexity index is 705. The van der Waals surface area contributed by atoms with E-state index in [0.29, 0.717) is 17.2 Å². The Morgan fingerprint density at radius 2 is 1.65 bits per heavy atom. The first kappa shape index (κ1) is 20.1. The van der Waals surface area contributed by atoms with Crippen LogP contribution >= 0.6 is 0 Å². The number of nitrogens with one attached hydrogen (secondary N) is 2. The molecule has 0 bridgehead atoms. The van der Waals surface area contributed by atoms with Crippen molar-refractivity contribution in [1.29, 1.82) is 0 Å². The Kier molecular flexibility index (Phi) is 8.31. The van der Waals surface area contributed by atoms with E-state index in [1.165, 1.54) is 0 Å². The van der Waals surface area contributed by atoms with Crippen molar-refractivity contribution in [3.8, 4) is 11.5 Å². The molecule has 6 heteroatoms. The van der Waals surface area contributed by atoms with Crippen LogP contribution in [0.2, 0.25) is 0 Å². The molecular weight excluding hydrogens is 348 g/mol. The molecule has 2 N–H and O–H groups in total. The molecule has 1 amide bonds. The lowest BCUT2D eigenvalue weighted by Gasteiger charge is -2.14. The molecule has 1 saturated heterocycles. The number of ether oxygens (including phenoxy) is 1. The molecule has 1 aliphatic heterocycles. The van der Waals surface area contributed by atoms with Gasteiger partial charge < -0.3 is 15.4 Å². The summed E-state index contributed by atoms with van der Waals surface area (Å²) in [4.78, 5) is 12.6. The highest BCUT2D eigenvalue weighted by molar-refractivity contribution is 7.85. The van der Waals surface area contributed by atoms with Crippen molar-refractivity contribution in [2.45, 2.75) is 31.2 Å². The Hall–Kier alpha value is -2.18. The summed E-state index contributed by atoms with van der Waals surface area (Å²) in [6.07, 6.45) is 0.889. The highest BCUT2D eigenvalue weighted by Crippen LogP contribution is 2.22. The van der Waals surface area contributed by atoms with Gasteiger partial charge in [-0.3, -0.25) is 9.00 Å². The standard InChI is InChI=1S/C18H20N2O3S.C2H6/c21-18-17(19-11-4-12-20-18)13-24(22)16-9-7-15(8-10-16)23-14-5-2-1-3-6-14;1-2/h1-3,5-10,17,19H,4,11-13H2,(H,20,21);1-2H3. The minimum atomic E-state index is -1.24. The molecule has 0 aromatic heterocycles. The zero-order valence-corrected chi connectivity index (χ0v) is 16.1. The number of amides is 1. The van der Waals surface area contributed by atoms with E-state index in [2.05, 4.69) is 10.6 Å². The van der Waals surface area contributed by atoms with Crippen LogP contribution in [-0.2, 0) is 15.6 Å². The monoisotopic (exact) mass is 374 g/mol. The minimum Gasteiger partial charge on any atom is -0.457 e. The van der Waals surface area contributed by atoms with Gasteiger partial charge in [0.05, 0.1) is 22.6 Å². The highest BCUT2D eigenvalue weighted by Gasteiger charge is 2.22. The second-order valence-corrected chi connectivity index (χ2v) is 7.05. The topological polar surface area (TPSA) is 67.4 Å². The molecule has 1 aliphatic rings. The number of hydrogen-bond donors (Lipinski definition) is 2. The Balaban J connectivity index is 0.00000117. The van der Waals surface area contributed by atoms with Crippen molar-refractivity contribution in [2.24, 2.45) is 0 Å². The van der Waals surface area contributed by atoms with Crippen LogP contribution in [0.25, 0.3) is 0 Å². The van der Waals surface area contributed by atoms with Gasteiger partial charge in [0.2, 0.25) is 5.91 Å². The number of para-hydroxylation sites is 1. The van der Waals surface area contributed by atoms with E-state index in [9.17, 15) is 9.00 Å². The molecule has 0 saturated carbocycles. The highest BCUT2D eigenvalue weighted by atomic mass is 32.2. The van der Waals surface area contributed by atoms with Crippen molar-refractivity contribution in [3.05, 3.63) is 54.6 Å². The minimum absolute atomic E-state index is 0.0788. The average Bonchev–Trinajstić information content (AvgIpc) is 2.89. The molecule has 0 spiro atoms. The lowest BCUT2D eigenvalue weighted by atomic mass is 10.3. The van der Waals surface area contributed by atoms with E-state index in [-0.39, 0.29) is 11.7 Å². The van der Waals surface area contributed by atoms with Crippen molar-refractivity contribution in [1.82, 2.24) is 10.6 Å². The summed E-state index contributed by atoms with van der Waals surface area (Å²) in [5, 5.41) is 5.98. The number of carbonyl (C=O) groups is 1. The maximum atomic E-state index is 12.5. The summed E-state index contributed by atoms with van der Waals surface area (Å²) in [7, 11) is -1.24. The van der Waals surface area contributed by atoms with Gasteiger partial charge >= 0.3 is 0 Å². The summed E-state index contributed by atoms with van der Waals surface area (Å²) in [5.74, 6) is 1.63. The Labute approximate surface area is 157 Å². The van der Waals surface area contributed by atoms with Crippen LogP contribution in [0, 0.1) is 0 Å². The SMILES string of the molecule is CC.O=C1NCCCNC1CS(=O)c1ccc(Oc2ccccc2)cc1. The van der Waals surface area contributed by atoms with Gasteiger partial charge in [-0.2, -0.15) is 0 Å². The molecule has 0 radical (unpaired) electrons. The van der Waals surface area contributed by atoms with Crippen LogP contribution < -0.4 is 15.4 Å². The molecule has 2 aromatic rings. The van der Waals surface area contributed by atoms with E-state index < -0.39 is 16.8 Å². The van der Waals surface area contributed by atoms with Crippen molar-refractivity contribution < 1.29 is 13.7 Å². The van der Waals surface area contributed by atoms with Crippen LogP contribution in [0.1, 0.15) is 20.3 Å². The normalized spacial score (nSPS) is 17.9. The molecule has 140 valence electrons. The smallest absolute Gasteiger partial charge is 0.238 e. The molecule has 1 fully saturated rings. The van der Waals surface area contributed by atoms with Gasteiger partial charge in [0, 0.05) is 11.4 Å². The van der Waals surface area contributed by atoms with Crippen molar-refractivity contribution in [2.75, 3.05) is 18.8 Å². The second kappa shape index (κ2) is 10.7. The van der Waals surface area contributed by atoms with Gasteiger partial charge in [0.1, 0.15) is 11.5 Å². The van der Waals surface area contributed by atoms with Crippen LogP contribution in [0.5, 0.6) is 11.5 Å². The van der Waals surface area contributed by atoms with Crippen molar-refractivity contribution >= 4 is 16.7 Å². The molecule has 26 heavy (non-hydrogen) atoms. The number of hydrogen-bond acceptors (Lipinski definition) is 4. The molecule has 2 unspecified atom stereocenters. The fraction of sp³-hybridized carbons (Fsp3) is 0.350. The van der Waals surface area contributed by atoms with Gasteiger partial charge in [-0.15, -0.1) is 0 Å². The number of benzene rings is 2. The first-order valence-corrected chi connectivity index (χ1v) is 10.3. The number of carbonyl (C=O) groups excluding carboxylic acids is 1. The molecule has 2 aromatic carbocycles. The van der Waals surface area contributed by atoms with E-state index in [1.807, 2.05) is 44.2 Å². The number of rotatable bonds is 5. The predicted octanol–water partition coefficient (Wildman–Crippen LogP) is 3.09. The van der Waals surface area contributed by atoms with Gasteiger partial charge in [0.15, 0.2) is 0 Å². The predicted molar refractivity (Wildman–Crippen MR) is 105 cm³/mol. The summed E-state index contributed by atoms with van der Waals surface area (Å²) in [6, 6.07) is 16.2. The van der Waals surface area contributed by atoms with Gasteiger partial charge in [-0.25, -0.2) is 0 Å². The van der Waals surface area contributed by atoms with E-state index >= 15 is 0 Å². The van der Waals surface area contributed by atoms with E-state index in [0.717, 1.165) is 18.7 Å². The van der Waals surface area contributed by atoms with Gasteiger partial charge in [-0.1, -0.05) is 32.0 Å². The first-order chi connectivity index (χ1) is 12.7. The zero-order valence-electron chi connectivity index (χ0n) is 15.2. The third-order valence-electron chi connectivity index (χ3n) is 3.74. The van der Waals surface area contributed by atoms with E-state index in [1.54, 1.807) is 24.3 Å². The molecule has 1 heterocycles. The van der Waals surface area contributed by atoms with Crippen LogP contribution in [0.3, 0.4) is 0 Å². The third kappa shape index (κ3) is 5.97. The second-order valence-electron chi connectivity index (χ2n) is 5.55. The lowest BCUT2D eigenvalue weighted by molar-refractivity contribution is -0.122. The van der Waals surface area contributed by atoms with Gasteiger partial charge in [0.25, 0.3) is 0 Å². The fourth-order valence-corrected chi connectivity index (χ4v) is 3.66. The average molecular weight is 375 g/mol. The molecule has 3 rings (SSSR count). The Morgan fingerprint density at radius 1 is 1.00 bits per heavy atom. The van der Waals surface area contributed by atoms with E-state index in [4.69, 9.17) is 4.74 Å². The molecule has 5 nitrogen and oxygen atoms in total. The van der Waals surface area contributed by atoms with Crippen LogP contribution in [0.4, 0.5) is 0 Å². The third-order valence-corrected chi connectivity index (χ3v) is 5.18. The lowest BCUT2D eigenvalue weighted by Crippen LogP contribution is -2.44. The maximum Gasteiger partial charge on any atom is 0.238 e. The Morgan fingerprint density at radius 3 is 2.35 bits per heavy atom. The summed E-state index contributed by atoms with van der Waals surface area (Å²) >= 11 is 0. The molecule has 2 atom stereocenters. The van der Waals surface area contributed by atoms with Gasteiger partial charge in [-0.05, 0) is 49.4 Å². The largest absolute Gasteiger partial charge is 0.457 e. The van der Waals surface area contributed by atoms with Crippen molar-refractivity contribution in [3.63, 3.8) is 0 Å². The van der Waals surface area contributed by atoms with Crippen LogP contribution in [0.15, 0.2) is 59.5 Å². The first-order valence-electron chi connectivity index (χ1n) is 8.95. The quantitative estimate of drug-likeness (QED) is 0.844. The summed E-state index contributed by atoms with van der Waals surface area (Å²) in [5.41, 5.74) is 0. The van der Waals surface area contributed by atoms with Crippen LogP contribution in [-0.4, -0.2) is 35.0 Å². The molecular formula is C20H26N2O3S. The maximum absolute atomic E-state index is 12.5.